The molecule has 0 spiro atoms. The predicted molar refractivity (Wildman–Crippen MR) is 96.8 cm³/mol. The zero-order chi connectivity index (χ0) is 17.8. The molecule has 1 heterocycles. The maximum Gasteiger partial charge on any atom is 0.255 e. The summed E-state index contributed by atoms with van der Waals surface area (Å²) in [6, 6.07) is 16.1. The zero-order valence-electron chi connectivity index (χ0n) is 13.7. The summed E-state index contributed by atoms with van der Waals surface area (Å²) < 4.78 is 0. The number of nitrogens with one attached hydrogen (secondary N) is 1. The van der Waals surface area contributed by atoms with Crippen LogP contribution in [-0.4, -0.2) is 24.1 Å². The van der Waals surface area contributed by atoms with E-state index in [1.807, 2.05) is 42.3 Å². The van der Waals surface area contributed by atoms with Crippen molar-refractivity contribution in [2.75, 3.05) is 12.4 Å². The van der Waals surface area contributed by atoms with Crippen molar-refractivity contribution in [3.05, 3.63) is 77.2 Å². The molecule has 6 heteroatoms. The van der Waals surface area contributed by atoms with E-state index in [0.717, 1.165) is 5.56 Å². The summed E-state index contributed by atoms with van der Waals surface area (Å²) in [6.45, 7) is 0. The second-order valence-corrected chi connectivity index (χ2v) is 5.71. The lowest BCUT2D eigenvalue weighted by Crippen LogP contribution is -2.25. The molecule has 25 heavy (non-hydrogen) atoms. The van der Waals surface area contributed by atoms with E-state index in [9.17, 15) is 4.79 Å². The Bertz CT molecular complexity index is 893. The number of amides is 1. The fraction of sp³-hybridized carbons (Fsp3) is 0.105. The molecule has 0 radical (unpaired) electrons. The molecular formula is C19H17N5O. The van der Waals surface area contributed by atoms with Crippen LogP contribution in [0.3, 0.4) is 0 Å². The van der Waals surface area contributed by atoms with Crippen molar-refractivity contribution in [1.29, 1.82) is 5.26 Å². The van der Waals surface area contributed by atoms with Gasteiger partial charge in [-0.3, -0.25) is 4.79 Å². The third-order valence-corrected chi connectivity index (χ3v) is 3.90. The van der Waals surface area contributed by atoms with Crippen molar-refractivity contribution >= 4 is 17.8 Å². The maximum atomic E-state index is 12.4. The standard InChI is InChI=1S/C19H17N5O/c1-24-12-18(21)22-11-17(24)15-3-2-4-16(9-15)23-19(25)14-7-5-13(10-20)6-8-14/h2-9,11-12,17H,21H2,1H3,(H,23,25). The van der Waals surface area contributed by atoms with E-state index in [1.54, 1.807) is 36.7 Å². The van der Waals surface area contributed by atoms with E-state index >= 15 is 0 Å². The van der Waals surface area contributed by atoms with Gasteiger partial charge in [-0.25, -0.2) is 4.99 Å². The Kier molecular flexibility index (Phi) is 4.48. The summed E-state index contributed by atoms with van der Waals surface area (Å²) in [5.41, 5.74) is 8.39. The zero-order valence-corrected chi connectivity index (χ0v) is 13.7. The summed E-state index contributed by atoms with van der Waals surface area (Å²) in [5, 5.41) is 11.7. The molecule has 2 aromatic carbocycles. The van der Waals surface area contributed by atoms with Crippen LogP contribution in [-0.2, 0) is 0 Å². The molecule has 6 nitrogen and oxygen atoms in total. The van der Waals surface area contributed by atoms with Gasteiger partial charge in [0.05, 0.1) is 17.7 Å². The van der Waals surface area contributed by atoms with Gasteiger partial charge in [-0.15, -0.1) is 0 Å². The number of aliphatic imine (C=N–C) groups is 1. The fourth-order valence-corrected chi connectivity index (χ4v) is 2.61. The van der Waals surface area contributed by atoms with E-state index in [2.05, 4.69) is 10.3 Å². The summed E-state index contributed by atoms with van der Waals surface area (Å²) in [6.07, 6.45) is 3.55. The number of hydrogen-bond donors (Lipinski definition) is 2. The highest BCUT2D eigenvalue weighted by molar-refractivity contribution is 6.04. The van der Waals surface area contributed by atoms with Gasteiger partial charge in [0.2, 0.25) is 0 Å². The van der Waals surface area contributed by atoms with Crippen molar-refractivity contribution in [1.82, 2.24) is 4.90 Å². The topological polar surface area (TPSA) is 94.5 Å². The highest BCUT2D eigenvalue weighted by Crippen LogP contribution is 2.24. The fourth-order valence-electron chi connectivity index (χ4n) is 2.61. The molecule has 0 aromatic heterocycles. The summed E-state index contributed by atoms with van der Waals surface area (Å²) in [5.74, 6) is 0.237. The van der Waals surface area contributed by atoms with Crippen LogP contribution in [0.25, 0.3) is 0 Å². The molecule has 1 aliphatic heterocycles. The van der Waals surface area contributed by atoms with Crippen molar-refractivity contribution in [3.63, 3.8) is 0 Å². The van der Waals surface area contributed by atoms with Crippen molar-refractivity contribution in [3.8, 4) is 6.07 Å². The van der Waals surface area contributed by atoms with Gasteiger partial charge in [-0.05, 0) is 42.0 Å². The molecule has 0 fully saturated rings. The minimum atomic E-state index is -0.226. The average molecular weight is 331 g/mol. The van der Waals surface area contributed by atoms with Crippen molar-refractivity contribution < 1.29 is 4.79 Å². The van der Waals surface area contributed by atoms with Crippen LogP contribution in [0.4, 0.5) is 5.69 Å². The quantitative estimate of drug-likeness (QED) is 0.904. The Morgan fingerprint density at radius 1 is 1.28 bits per heavy atom. The third kappa shape index (κ3) is 3.67. The van der Waals surface area contributed by atoms with E-state index in [-0.39, 0.29) is 11.9 Å². The van der Waals surface area contributed by atoms with Gasteiger partial charge in [-0.1, -0.05) is 12.1 Å². The molecule has 0 aliphatic carbocycles. The number of nitrogens with two attached hydrogens (primary N) is 1. The van der Waals surface area contributed by atoms with E-state index in [0.29, 0.717) is 22.6 Å². The largest absolute Gasteiger partial charge is 0.383 e. The molecule has 3 rings (SSSR count). The minimum Gasteiger partial charge on any atom is -0.383 e. The number of benzene rings is 2. The lowest BCUT2D eigenvalue weighted by atomic mass is 10.1. The number of nitriles is 1. The summed E-state index contributed by atoms with van der Waals surface area (Å²) >= 11 is 0. The molecule has 1 atom stereocenters. The van der Waals surface area contributed by atoms with Gasteiger partial charge in [0, 0.05) is 30.7 Å². The normalized spacial score (nSPS) is 16.1. The van der Waals surface area contributed by atoms with E-state index < -0.39 is 0 Å². The first-order valence-electron chi connectivity index (χ1n) is 7.72. The van der Waals surface area contributed by atoms with Crippen LogP contribution in [0, 0.1) is 11.3 Å². The summed E-state index contributed by atoms with van der Waals surface area (Å²) in [4.78, 5) is 18.5. The molecular weight excluding hydrogens is 314 g/mol. The van der Waals surface area contributed by atoms with Crippen LogP contribution < -0.4 is 11.1 Å². The molecule has 1 amide bonds. The first kappa shape index (κ1) is 16.3. The molecule has 0 saturated heterocycles. The SMILES string of the molecule is CN1C=C(N)N=CC1c1cccc(NC(=O)c2ccc(C#N)cc2)c1. The molecule has 0 bridgehead atoms. The Morgan fingerprint density at radius 2 is 2.04 bits per heavy atom. The second kappa shape index (κ2) is 6.89. The molecule has 3 N–H and O–H groups in total. The van der Waals surface area contributed by atoms with Crippen LogP contribution in [0.15, 0.2) is 65.5 Å². The predicted octanol–water partition coefficient (Wildman–Crippen LogP) is 2.63. The number of nitrogens with zero attached hydrogens (tertiary/aromatic N) is 3. The highest BCUT2D eigenvalue weighted by Gasteiger charge is 2.17. The molecule has 1 unspecified atom stereocenters. The minimum absolute atomic E-state index is 0.0425. The molecule has 2 aromatic rings. The smallest absolute Gasteiger partial charge is 0.255 e. The van der Waals surface area contributed by atoms with Gasteiger partial charge in [-0.2, -0.15) is 5.26 Å². The second-order valence-electron chi connectivity index (χ2n) is 5.71. The monoisotopic (exact) mass is 331 g/mol. The molecule has 124 valence electrons. The van der Waals surface area contributed by atoms with Crippen LogP contribution >= 0.6 is 0 Å². The van der Waals surface area contributed by atoms with Gasteiger partial charge in [0.15, 0.2) is 0 Å². The Balaban J connectivity index is 1.76. The molecule has 1 aliphatic rings. The Labute approximate surface area is 145 Å². The average Bonchev–Trinajstić information content (AvgIpc) is 2.62. The van der Waals surface area contributed by atoms with Gasteiger partial charge in [0.1, 0.15) is 5.82 Å². The third-order valence-electron chi connectivity index (χ3n) is 3.90. The number of carbonyl (C=O) groups is 1. The van der Waals surface area contributed by atoms with Gasteiger partial charge in [0.25, 0.3) is 5.91 Å². The number of carbonyl (C=O) groups excluding carboxylic acids is 1. The van der Waals surface area contributed by atoms with Crippen molar-refractivity contribution in [2.24, 2.45) is 10.7 Å². The van der Waals surface area contributed by atoms with Gasteiger partial charge >= 0.3 is 0 Å². The number of hydrogen-bond acceptors (Lipinski definition) is 5. The lowest BCUT2D eigenvalue weighted by Gasteiger charge is -2.27. The summed E-state index contributed by atoms with van der Waals surface area (Å²) in [7, 11) is 1.92. The molecule has 0 saturated carbocycles. The first-order valence-corrected chi connectivity index (χ1v) is 7.72. The number of anilines is 1. The van der Waals surface area contributed by atoms with Gasteiger partial charge < -0.3 is 16.0 Å². The van der Waals surface area contributed by atoms with E-state index in [4.69, 9.17) is 11.0 Å². The van der Waals surface area contributed by atoms with Crippen LogP contribution in [0.2, 0.25) is 0 Å². The van der Waals surface area contributed by atoms with Crippen molar-refractivity contribution in [2.45, 2.75) is 6.04 Å². The highest BCUT2D eigenvalue weighted by atomic mass is 16.1. The maximum absolute atomic E-state index is 12.4. The van der Waals surface area contributed by atoms with E-state index in [1.165, 1.54) is 0 Å². The van der Waals surface area contributed by atoms with Crippen LogP contribution in [0.1, 0.15) is 27.5 Å². The Morgan fingerprint density at radius 3 is 2.72 bits per heavy atom. The number of rotatable bonds is 3. The first-order chi connectivity index (χ1) is 12.1. The lowest BCUT2D eigenvalue weighted by molar-refractivity contribution is 0.102. The van der Waals surface area contributed by atoms with Crippen LogP contribution in [0.5, 0.6) is 0 Å². The Hall–Kier alpha value is -3.59.